The van der Waals surface area contributed by atoms with Gasteiger partial charge in [-0.1, -0.05) is 167 Å². The first-order chi connectivity index (χ1) is 16.4. The summed E-state index contributed by atoms with van der Waals surface area (Å²) in [6.45, 7) is 3.73. The van der Waals surface area contributed by atoms with Gasteiger partial charge in [0.1, 0.15) is 6.29 Å². The number of ether oxygens (including phenoxy) is 1. The summed E-state index contributed by atoms with van der Waals surface area (Å²) in [5.74, 6) is 0. The molecule has 2 heteroatoms. The van der Waals surface area contributed by atoms with Crippen molar-refractivity contribution in [1.29, 1.82) is 0 Å². The molecule has 0 amide bonds. The summed E-state index contributed by atoms with van der Waals surface area (Å²) in [4.78, 5) is 10.2. The molecule has 0 aromatic carbocycles. The Morgan fingerprint density at radius 2 is 0.667 bits per heavy atom. The van der Waals surface area contributed by atoms with Gasteiger partial charge in [-0.05, 0) is 6.42 Å². The zero-order valence-corrected chi connectivity index (χ0v) is 22.9. The van der Waals surface area contributed by atoms with Crippen molar-refractivity contribution in [2.45, 2.75) is 180 Å². The van der Waals surface area contributed by atoms with E-state index in [4.69, 9.17) is 4.74 Å². The molecule has 0 aromatic heterocycles. The highest BCUT2D eigenvalue weighted by atomic mass is 16.5. The quantitative estimate of drug-likeness (QED) is 0.0777. The van der Waals surface area contributed by atoms with Crippen molar-refractivity contribution in [2.24, 2.45) is 0 Å². The van der Waals surface area contributed by atoms with E-state index in [2.05, 4.69) is 6.92 Å². The Morgan fingerprint density at radius 1 is 0.394 bits per heavy atom. The first kappa shape index (κ1) is 32.6. The number of hydrogen-bond acceptors (Lipinski definition) is 2. The number of hydrogen-bond donors (Lipinski definition) is 0. The molecule has 0 bridgehead atoms. The molecule has 0 saturated carbocycles. The first-order valence-electron chi connectivity index (χ1n) is 15.4. The molecule has 2 nitrogen and oxygen atoms in total. The van der Waals surface area contributed by atoms with Crippen molar-refractivity contribution >= 4 is 6.29 Å². The number of aldehydes is 1. The molecular weight excluding hydrogens is 404 g/mol. The average Bonchev–Trinajstić information content (AvgIpc) is 2.83. The van der Waals surface area contributed by atoms with Crippen LogP contribution >= 0.6 is 0 Å². The standard InChI is InChI=1S/C31H62O2/c1-2-3-4-5-6-7-8-9-10-11-12-13-14-15-16-17-18-19-20-21-22-23-24-25-26-27-30-33-31-28-29-32/h29H,2-28,30-31H2,1H3. The molecule has 0 aliphatic rings. The van der Waals surface area contributed by atoms with Crippen LogP contribution in [0.2, 0.25) is 0 Å². The van der Waals surface area contributed by atoms with Crippen molar-refractivity contribution in [1.82, 2.24) is 0 Å². The van der Waals surface area contributed by atoms with E-state index in [9.17, 15) is 4.79 Å². The van der Waals surface area contributed by atoms with Crippen LogP contribution in [0.4, 0.5) is 0 Å². The van der Waals surface area contributed by atoms with Crippen molar-refractivity contribution in [2.75, 3.05) is 13.2 Å². The SMILES string of the molecule is CCCCCCCCCCCCCCCCCCCCCCCCCCCCOCCC=O. The van der Waals surface area contributed by atoms with Gasteiger partial charge in [0.25, 0.3) is 0 Å². The van der Waals surface area contributed by atoms with Gasteiger partial charge in [0, 0.05) is 13.0 Å². The minimum absolute atomic E-state index is 0.541. The second-order valence-electron chi connectivity index (χ2n) is 10.4. The van der Waals surface area contributed by atoms with Crippen molar-refractivity contribution in [3.8, 4) is 0 Å². The fourth-order valence-electron chi connectivity index (χ4n) is 4.75. The summed E-state index contributed by atoms with van der Waals surface area (Å²) < 4.78 is 5.40. The molecule has 198 valence electrons. The maximum absolute atomic E-state index is 10.2. The summed E-state index contributed by atoms with van der Waals surface area (Å²) >= 11 is 0. The van der Waals surface area contributed by atoms with E-state index in [0.29, 0.717) is 13.0 Å². The summed E-state index contributed by atoms with van der Waals surface area (Å²) in [6.07, 6.45) is 38.7. The summed E-state index contributed by atoms with van der Waals surface area (Å²) in [7, 11) is 0. The van der Waals surface area contributed by atoms with Crippen LogP contribution in [0.5, 0.6) is 0 Å². The third-order valence-corrected chi connectivity index (χ3v) is 7.02. The topological polar surface area (TPSA) is 26.3 Å². The minimum Gasteiger partial charge on any atom is -0.381 e. The highest BCUT2D eigenvalue weighted by Gasteiger charge is 1.96. The van der Waals surface area contributed by atoms with Crippen molar-refractivity contribution < 1.29 is 9.53 Å². The highest BCUT2D eigenvalue weighted by Crippen LogP contribution is 2.15. The Bertz CT molecular complexity index is 342. The number of carbonyl (C=O) groups excluding carboxylic acids is 1. The first-order valence-corrected chi connectivity index (χ1v) is 15.4. The fourth-order valence-corrected chi connectivity index (χ4v) is 4.75. The molecule has 0 fully saturated rings. The number of unbranched alkanes of at least 4 members (excludes halogenated alkanes) is 25. The van der Waals surface area contributed by atoms with Gasteiger partial charge in [0.05, 0.1) is 6.61 Å². The van der Waals surface area contributed by atoms with E-state index in [1.807, 2.05) is 0 Å². The molecule has 0 saturated heterocycles. The number of rotatable bonds is 30. The molecule has 0 rings (SSSR count). The highest BCUT2D eigenvalue weighted by molar-refractivity contribution is 5.49. The van der Waals surface area contributed by atoms with Gasteiger partial charge in [0.2, 0.25) is 0 Å². The maximum Gasteiger partial charge on any atom is 0.122 e. The van der Waals surface area contributed by atoms with Gasteiger partial charge in [-0.3, -0.25) is 0 Å². The van der Waals surface area contributed by atoms with E-state index < -0.39 is 0 Å². The van der Waals surface area contributed by atoms with Gasteiger partial charge in [-0.2, -0.15) is 0 Å². The molecule has 0 N–H and O–H groups in total. The lowest BCUT2D eigenvalue weighted by atomic mass is 10.0. The minimum atomic E-state index is 0.541. The molecule has 0 spiro atoms. The number of carbonyl (C=O) groups is 1. The second-order valence-corrected chi connectivity index (χ2v) is 10.4. The lowest BCUT2D eigenvalue weighted by Crippen LogP contribution is -1.97. The lowest BCUT2D eigenvalue weighted by molar-refractivity contribution is -0.108. The van der Waals surface area contributed by atoms with Crippen LogP contribution in [0.15, 0.2) is 0 Å². The Balaban J connectivity index is 2.99. The lowest BCUT2D eigenvalue weighted by Gasteiger charge is -2.04. The van der Waals surface area contributed by atoms with Crippen LogP contribution in [-0.4, -0.2) is 19.5 Å². The van der Waals surface area contributed by atoms with Gasteiger partial charge >= 0.3 is 0 Å². The fraction of sp³-hybridized carbons (Fsp3) is 0.968. The predicted octanol–water partition coefficient (Wildman–Crippen LogP) is 10.8. The summed E-state index contributed by atoms with van der Waals surface area (Å²) in [6, 6.07) is 0. The normalized spacial score (nSPS) is 11.3. The van der Waals surface area contributed by atoms with E-state index >= 15 is 0 Å². The van der Waals surface area contributed by atoms with Gasteiger partial charge in [-0.15, -0.1) is 0 Å². The van der Waals surface area contributed by atoms with Crippen LogP contribution in [-0.2, 0) is 9.53 Å². The monoisotopic (exact) mass is 466 g/mol. The summed E-state index contributed by atoms with van der Waals surface area (Å²) in [5, 5.41) is 0. The molecule has 0 atom stereocenters. The molecular formula is C31H62O2. The molecule has 0 radical (unpaired) electrons. The van der Waals surface area contributed by atoms with Gasteiger partial charge < -0.3 is 9.53 Å². The zero-order chi connectivity index (χ0) is 23.9. The van der Waals surface area contributed by atoms with E-state index in [1.165, 1.54) is 161 Å². The van der Waals surface area contributed by atoms with E-state index in [0.717, 1.165) is 19.3 Å². The van der Waals surface area contributed by atoms with Crippen molar-refractivity contribution in [3.05, 3.63) is 0 Å². The van der Waals surface area contributed by atoms with Crippen molar-refractivity contribution in [3.63, 3.8) is 0 Å². The second kappa shape index (κ2) is 31.6. The third-order valence-electron chi connectivity index (χ3n) is 7.02. The van der Waals surface area contributed by atoms with Crippen LogP contribution in [0, 0.1) is 0 Å². The predicted molar refractivity (Wildman–Crippen MR) is 147 cm³/mol. The molecule has 0 aliphatic heterocycles. The van der Waals surface area contributed by atoms with Gasteiger partial charge in [-0.25, -0.2) is 0 Å². The molecule has 33 heavy (non-hydrogen) atoms. The largest absolute Gasteiger partial charge is 0.381 e. The molecule has 0 heterocycles. The smallest absolute Gasteiger partial charge is 0.122 e. The van der Waals surface area contributed by atoms with E-state index in [1.54, 1.807) is 0 Å². The zero-order valence-electron chi connectivity index (χ0n) is 22.9. The molecule has 0 aliphatic carbocycles. The third kappa shape index (κ3) is 31.6. The van der Waals surface area contributed by atoms with Crippen LogP contribution in [0.1, 0.15) is 180 Å². The Kier molecular flexibility index (Phi) is 31.3. The van der Waals surface area contributed by atoms with Crippen LogP contribution in [0.25, 0.3) is 0 Å². The average molecular weight is 467 g/mol. The Labute approximate surface area is 209 Å². The molecule has 0 aromatic rings. The Hall–Kier alpha value is -0.370. The van der Waals surface area contributed by atoms with Crippen LogP contribution in [0.3, 0.4) is 0 Å². The Morgan fingerprint density at radius 3 is 0.939 bits per heavy atom. The summed E-state index contributed by atoms with van der Waals surface area (Å²) in [5.41, 5.74) is 0. The molecule has 0 unspecified atom stereocenters. The van der Waals surface area contributed by atoms with E-state index in [-0.39, 0.29) is 0 Å². The maximum atomic E-state index is 10.2. The van der Waals surface area contributed by atoms with Crippen LogP contribution < -0.4 is 0 Å². The van der Waals surface area contributed by atoms with Gasteiger partial charge in [0.15, 0.2) is 0 Å².